The third-order valence-corrected chi connectivity index (χ3v) is 4.15. The lowest BCUT2D eigenvalue weighted by Gasteiger charge is -2.14. The van der Waals surface area contributed by atoms with Crippen molar-refractivity contribution in [3.8, 4) is 0 Å². The Balaban J connectivity index is 1.96. The van der Waals surface area contributed by atoms with Gasteiger partial charge in [-0.05, 0) is 0 Å². The molecule has 0 atom stereocenters. The Kier molecular flexibility index (Phi) is 5.10. The van der Waals surface area contributed by atoms with Crippen LogP contribution < -0.4 is 5.32 Å². The standard InChI is InChI=1S/C16H19N3O3S/c1-16(2,3)13-10-23-15(18-13)9-17-14(20)8-11-6-4-5-7-12(11)19(21)22/h4-7,10H,8-9H2,1-3H3,(H,17,20). The zero-order chi connectivity index (χ0) is 17.0. The Morgan fingerprint density at radius 3 is 2.65 bits per heavy atom. The van der Waals surface area contributed by atoms with E-state index in [2.05, 4.69) is 31.1 Å². The smallest absolute Gasteiger partial charge is 0.273 e. The highest BCUT2D eigenvalue weighted by Crippen LogP contribution is 2.24. The van der Waals surface area contributed by atoms with Crippen LogP contribution >= 0.6 is 11.3 Å². The number of amides is 1. The number of aromatic nitrogens is 1. The van der Waals surface area contributed by atoms with Crippen molar-refractivity contribution in [2.24, 2.45) is 0 Å². The summed E-state index contributed by atoms with van der Waals surface area (Å²) in [6, 6.07) is 6.27. The van der Waals surface area contributed by atoms with Gasteiger partial charge >= 0.3 is 0 Å². The van der Waals surface area contributed by atoms with Crippen molar-refractivity contribution < 1.29 is 9.72 Å². The van der Waals surface area contributed by atoms with Crippen molar-refractivity contribution in [2.45, 2.75) is 39.2 Å². The fourth-order valence-electron chi connectivity index (χ4n) is 1.98. The molecule has 7 heteroatoms. The highest BCUT2D eigenvalue weighted by molar-refractivity contribution is 7.09. The van der Waals surface area contributed by atoms with E-state index in [0.717, 1.165) is 10.7 Å². The van der Waals surface area contributed by atoms with Gasteiger partial charge in [0.2, 0.25) is 5.91 Å². The van der Waals surface area contributed by atoms with E-state index in [9.17, 15) is 14.9 Å². The van der Waals surface area contributed by atoms with Crippen LogP contribution in [0.4, 0.5) is 5.69 Å². The topological polar surface area (TPSA) is 85.1 Å². The number of benzene rings is 1. The molecular weight excluding hydrogens is 314 g/mol. The van der Waals surface area contributed by atoms with Crippen LogP contribution in [-0.4, -0.2) is 15.8 Å². The second-order valence-corrected chi connectivity index (χ2v) is 7.16. The van der Waals surface area contributed by atoms with Crippen LogP contribution in [0.25, 0.3) is 0 Å². The van der Waals surface area contributed by atoms with E-state index in [1.165, 1.54) is 17.4 Å². The number of nitro benzene ring substituents is 1. The number of nitro groups is 1. The third kappa shape index (κ3) is 4.59. The largest absolute Gasteiger partial charge is 0.349 e. The summed E-state index contributed by atoms with van der Waals surface area (Å²) in [6.07, 6.45) is -0.0192. The number of rotatable bonds is 5. The van der Waals surface area contributed by atoms with Crippen molar-refractivity contribution in [1.29, 1.82) is 0 Å². The van der Waals surface area contributed by atoms with Crippen LogP contribution in [0, 0.1) is 10.1 Å². The molecule has 0 spiro atoms. The summed E-state index contributed by atoms with van der Waals surface area (Å²) in [5.41, 5.74) is 1.34. The van der Waals surface area contributed by atoms with Gasteiger partial charge in [0.15, 0.2) is 0 Å². The Morgan fingerprint density at radius 2 is 2.04 bits per heavy atom. The van der Waals surface area contributed by atoms with E-state index >= 15 is 0 Å². The SMILES string of the molecule is CC(C)(C)c1csc(CNC(=O)Cc2ccccc2[N+](=O)[O-])n1. The Hall–Kier alpha value is -2.28. The van der Waals surface area contributed by atoms with Crippen molar-refractivity contribution in [1.82, 2.24) is 10.3 Å². The molecule has 23 heavy (non-hydrogen) atoms. The fourth-order valence-corrected chi connectivity index (χ4v) is 2.95. The van der Waals surface area contributed by atoms with E-state index < -0.39 is 4.92 Å². The maximum atomic E-state index is 12.0. The van der Waals surface area contributed by atoms with E-state index in [1.807, 2.05) is 5.38 Å². The fraction of sp³-hybridized carbons (Fsp3) is 0.375. The Morgan fingerprint density at radius 1 is 1.35 bits per heavy atom. The lowest BCUT2D eigenvalue weighted by Crippen LogP contribution is -2.25. The highest BCUT2D eigenvalue weighted by atomic mass is 32.1. The molecule has 1 N–H and O–H groups in total. The molecule has 0 fully saturated rings. The molecule has 0 unspecified atom stereocenters. The number of hydrogen-bond acceptors (Lipinski definition) is 5. The molecule has 122 valence electrons. The quantitative estimate of drug-likeness (QED) is 0.672. The van der Waals surface area contributed by atoms with Crippen molar-refractivity contribution >= 4 is 22.9 Å². The number of hydrogen-bond donors (Lipinski definition) is 1. The average Bonchev–Trinajstić information content (AvgIpc) is 2.94. The second kappa shape index (κ2) is 6.87. The predicted octanol–water partition coefficient (Wildman–Crippen LogP) is 3.21. The van der Waals surface area contributed by atoms with E-state index in [-0.39, 0.29) is 23.4 Å². The summed E-state index contributed by atoms with van der Waals surface area (Å²) in [5, 5.41) is 16.5. The molecule has 1 aromatic carbocycles. The number of para-hydroxylation sites is 1. The van der Waals surface area contributed by atoms with Crippen molar-refractivity contribution in [3.05, 3.63) is 56.0 Å². The van der Waals surface area contributed by atoms with Gasteiger partial charge in [-0.15, -0.1) is 11.3 Å². The number of nitrogens with one attached hydrogen (secondary N) is 1. The van der Waals surface area contributed by atoms with E-state index in [4.69, 9.17) is 0 Å². The first-order valence-corrected chi connectivity index (χ1v) is 8.09. The molecule has 6 nitrogen and oxygen atoms in total. The Bertz CT molecular complexity index is 719. The zero-order valence-electron chi connectivity index (χ0n) is 13.3. The summed E-state index contributed by atoms with van der Waals surface area (Å²) < 4.78 is 0. The monoisotopic (exact) mass is 333 g/mol. The van der Waals surface area contributed by atoms with Crippen LogP contribution in [0.3, 0.4) is 0 Å². The summed E-state index contributed by atoms with van der Waals surface area (Å²) in [5.74, 6) is -0.258. The zero-order valence-corrected chi connectivity index (χ0v) is 14.1. The number of carbonyl (C=O) groups is 1. The molecule has 2 rings (SSSR count). The molecule has 0 bridgehead atoms. The highest BCUT2D eigenvalue weighted by Gasteiger charge is 2.18. The van der Waals surface area contributed by atoms with Crippen molar-refractivity contribution in [3.63, 3.8) is 0 Å². The maximum Gasteiger partial charge on any atom is 0.273 e. The number of nitrogens with zero attached hydrogens (tertiary/aromatic N) is 2. The van der Waals surface area contributed by atoms with Gasteiger partial charge in [-0.3, -0.25) is 14.9 Å². The molecule has 1 heterocycles. The maximum absolute atomic E-state index is 12.0. The molecule has 0 aliphatic carbocycles. The van der Waals surface area contributed by atoms with Gasteiger partial charge in [0.1, 0.15) is 5.01 Å². The molecule has 0 aliphatic rings. The minimum atomic E-state index is -0.473. The van der Waals surface area contributed by atoms with Crippen molar-refractivity contribution in [2.75, 3.05) is 0 Å². The molecule has 0 aliphatic heterocycles. The first kappa shape index (κ1) is 17.1. The van der Waals surface area contributed by atoms with Crippen LogP contribution in [0.2, 0.25) is 0 Å². The first-order valence-electron chi connectivity index (χ1n) is 7.21. The van der Waals surface area contributed by atoms with Crippen LogP contribution in [-0.2, 0) is 23.2 Å². The van der Waals surface area contributed by atoms with Gasteiger partial charge < -0.3 is 5.32 Å². The summed E-state index contributed by atoms with van der Waals surface area (Å²) in [4.78, 5) is 27.0. The molecule has 1 amide bonds. The third-order valence-electron chi connectivity index (χ3n) is 3.30. The minimum Gasteiger partial charge on any atom is -0.349 e. The van der Waals surface area contributed by atoms with Gasteiger partial charge in [-0.1, -0.05) is 39.0 Å². The van der Waals surface area contributed by atoms with Gasteiger partial charge in [0.25, 0.3) is 5.69 Å². The summed E-state index contributed by atoms with van der Waals surface area (Å²) in [6.45, 7) is 6.58. The molecule has 0 saturated heterocycles. The molecule has 0 saturated carbocycles. The van der Waals surface area contributed by atoms with Crippen LogP contribution in [0.5, 0.6) is 0 Å². The minimum absolute atomic E-state index is 0.0192. The Labute approximate surface area is 138 Å². The first-order chi connectivity index (χ1) is 10.8. The molecular formula is C16H19N3O3S. The van der Waals surface area contributed by atoms with Crippen LogP contribution in [0.15, 0.2) is 29.6 Å². The van der Waals surface area contributed by atoms with E-state index in [0.29, 0.717) is 12.1 Å². The lowest BCUT2D eigenvalue weighted by molar-refractivity contribution is -0.385. The van der Waals surface area contributed by atoms with Gasteiger partial charge in [-0.2, -0.15) is 0 Å². The molecule has 0 radical (unpaired) electrons. The van der Waals surface area contributed by atoms with E-state index in [1.54, 1.807) is 18.2 Å². The number of carbonyl (C=O) groups excluding carboxylic acids is 1. The molecule has 1 aromatic heterocycles. The summed E-state index contributed by atoms with van der Waals surface area (Å²) in [7, 11) is 0. The molecule has 2 aromatic rings. The predicted molar refractivity (Wildman–Crippen MR) is 89.5 cm³/mol. The van der Waals surface area contributed by atoms with Gasteiger partial charge in [0.05, 0.1) is 23.6 Å². The second-order valence-electron chi connectivity index (χ2n) is 6.22. The number of thiazole rings is 1. The van der Waals surface area contributed by atoms with Crippen LogP contribution in [0.1, 0.15) is 37.0 Å². The normalized spacial score (nSPS) is 11.3. The lowest BCUT2D eigenvalue weighted by atomic mass is 9.93. The summed E-state index contributed by atoms with van der Waals surface area (Å²) >= 11 is 1.50. The van der Waals surface area contributed by atoms with Gasteiger partial charge in [-0.25, -0.2) is 4.98 Å². The van der Waals surface area contributed by atoms with Gasteiger partial charge in [0, 0.05) is 22.4 Å². The average molecular weight is 333 g/mol.